The lowest BCUT2D eigenvalue weighted by Gasteiger charge is -2.21. The summed E-state index contributed by atoms with van der Waals surface area (Å²) < 4.78 is 35.3. The Balaban J connectivity index is 3.80. The highest BCUT2D eigenvalue weighted by Crippen LogP contribution is 2.28. The van der Waals surface area contributed by atoms with Crippen molar-refractivity contribution in [1.82, 2.24) is 0 Å². The highest BCUT2D eigenvalue weighted by atomic mass is 19.4. The highest BCUT2D eigenvalue weighted by molar-refractivity contribution is 4.70. The molecule has 0 aromatic rings. The Morgan fingerprint density at radius 3 is 1.83 bits per heavy atom. The van der Waals surface area contributed by atoms with E-state index in [0.29, 0.717) is 6.42 Å². The van der Waals surface area contributed by atoms with Gasteiger partial charge in [0, 0.05) is 0 Å². The predicted octanol–water partition coefficient (Wildman–Crippen LogP) is 2.74. The van der Waals surface area contributed by atoms with Gasteiger partial charge in [-0.25, -0.2) is 0 Å². The number of alkyl halides is 3. The Kier molecular flexibility index (Phi) is 3.57. The van der Waals surface area contributed by atoms with Crippen molar-refractivity contribution < 1.29 is 18.3 Å². The molecule has 1 N–H and O–H groups in total. The van der Waals surface area contributed by atoms with Crippen LogP contribution >= 0.6 is 0 Å². The first-order valence-electron chi connectivity index (χ1n) is 3.88. The van der Waals surface area contributed by atoms with Gasteiger partial charge in [0.2, 0.25) is 0 Å². The van der Waals surface area contributed by atoms with Gasteiger partial charge < -0.3 is 5.11 Å². The lowest BCUT2D eigenvalue weighted by atomic mass is 9.89. The van der Waals surface area contributed by atoms with Crippen LogP contribution in [0, 0.1) is 5.41 Å². The molecule has 0 saturated heterocycles. The summed E-state index contributed by atoms with van der Waals surface area (Å²) in [6.45, 7) is 5.53. The Hall–Kier alpha value is -0.250. The van der Waals surface area contributed by atoms with Crippen molar-refractivity contribution in [2.45, 2.75) is 45.9 Å². The molecule has 0 aliphatic carbocycles. The van der Waals surface area contributed by atoms with E-state index in [1.807, 2.05) is 20.8 Å². The number of hydrogen-bond donors (Lipinski definition) is 1. The van der Waals surface area contributed by atoms with Gasteiger partial charge in [-0.2, -0.15) is 13.2 Å². The fourth-order valence-electron chi connectivity index (χ4n) is 0.733. The number of aliphatic hydroxyl groups is 1. The molecular formula is C8H15F3O. The normalized spacial score (nSPS) is 16.2. The minimum atomic E-state index is -4.47. The molecule has 0 heterocycles. The minimum Gasteiger partial charge on any atom is -0.384 e. The minimum absolute atomic E-state index is 0.160. The zero-order valence-corrected chi connectivity index (χ0v) is 7.57. The molecule has 0 saturated carbocycles. The molecule has 12 heavy (non-hydrogen) atoms. The third-order valence-corrected chi connectivity index (χ3v) is 1.55. The summed E-state index contributed by atoms with van der Waals surface area (Å²) in [6.07, 6.45) is -6.48. The first-order valence-corrected chi connectivity index (χ1v) is 3.88. The van der Waals surface area contributed by atoms with Gasteiger partial charge in [-0.05, 0) is 18.3 Å². The first kappa shape index (κ1) is 11.8. The highest BCUT2D eigenvalue weighted by Gasteiger charge is 2.38. The van der Waals surface area contributed by atoms with E-state index in [4.69, 9.17) is 5.11 Å². The van der Waals surface area contributed by atoms with E-state index in [9.17, 15) is 13.2 Å². The van der Waals surface area contributed by atoms with Crippen LogP contribution in [0.2, 0.25) is 0 Å². The van der Waals surface area contributed by atoms with Gasteiger partial charge in [0.25, 0.3) is 0 Å². The van der Waals surface area contributed by atoms with Crippen molar-refractivity contribution in [3.05, 3.63) is 0 Å². The zero-order chi connectivity index (χ0) is 9.99. The van der Waals surface area contributed by atoms with Gasteiger partial charge >= 0.3 is 6.18 Å². The van der Waals surface area contributed by atoms with Crippen molar-refractivity contribution in [2.75, 3.05) is 0 Å². The molecule has 0 aromatic carbocycles. The fraction of sp³-hybridized carbons (Fsp3) is 1.00. The molecule has 0 spiro atoms. The number of rotatable bonds is 2. The summed E-state index contributed by atoms with van der Waals surface area (Å²) in [6, 6.07) is 0. The van der Waals surface area contributed by atoms with Crippen molar-refractivity contribution in [3.63, 3.8) is 0 Å². The summed E-state index contributed by atoms with van der Waals surface area (Å²) in [7, 11) is 0. The molecule has 0 aliphatic rings. The summed E-state index contributed by atoms with van der Waals surface area (Å²) in [4.78, 5) is 0. The van der Waals surface area contributed by atoms with Crippen LogP contribution in [0.15, 0.2) is 0 Å². The van der Waals surface area contributed by atoms with Gasteiger partial charge in [-0.1, -0.05) is 20.8 Å². The van der Waals surface area contributed by atoms with Crippen LogP contribution in [-0.2, 0) is 0 Å². The average molecular weight is 184 g/mol. The quantitative estimate of drug-likeness (QED) is 0.699. The van der Waals surface area contributed by atoms with E-state index >= 15 is 0 Å². The second-order valence-electron chi connectivity index (χ2n) is 4.16. The SMILES string of the molecule is CC(C)(C)CC[C@H](O)C(F)(F)F. The molecule has 4 heteroatoms. The van der Waals surface area contributed by atoms with Crippen LogP contribution in [0.3, 0.4) is 0 Å². The smallest absolute Gasteiger partial charge is 0.384 e. The Morgan fingerprint density at radius 1 is 1.17 bits per heavy atom. The third kappa shape index (κ3) is 5.41. The standard InChI is InChI=1S/C8H15F3O/c1-7(2,3)5-4-6(12)8(9,10)11/h6,12H,4-5H2,1-3H3/t6-/m0/s1. The van der Waals surface area contributed by atoms with Crippen LogP contribution in [0.4, 0.5) is 13.2 Å². The van der Waals surface area contributed by atoms with E-state index in [-0.39, 0.29) is 11.8 Å². The molecular weight excluding hydrogens is 169 g/mol. The second kappa shape index (κ2) is 3.64. The Labute approximate surface area is 70.6 Å². The van der Waals surface area contributed by atoms with E-state index in [2.05, 4.69) is 0 Å². The van der Waals surface area contributed by atoms with E-state index in [0.717, 1.165) is 0 Å². The van der Waals surface area contributed by atoms with Gasteiger partial charge in [0.05, 0.1) is 0 Å². The molecule has 0 amide bonds. The second-order valence-corrected chi connectivity index (χ2v) is 4.16. The average Bonchev–Trinajstić information content (AvgIpc) is 1.78. The molecule has 0 radical (unpaired) electrons. The van der Waals surface area contributed by atoms with Crippen LogP contribution in [0.25, 0.3) is 0 Å². The lowest BCUT2D eigenvalue weighted by molar-refractivity contribution is -0.206. The summed E-state index contributed by atoms with van der Waals surface area (Å²) in [5, 5.41) is 8.62. The summed E-state index contributed by atoms with van der Waals surface area (Å²) >= 11 is 0. The molecule has 0 bridgehead atoms. The fourth-order valence-corrected chi connectivity index (χ4v) is 0.733. The molecule has 0 aliphatic heterocycles. The van der Waals surface area contributed by atoms with Gasteiger partial charge in [-0.3, -0.25) is 0 Å². The van der Waals surface area contributed by atoms with E-state index in [1.54, 1.807) is 0 Å². The number of hydrogen-bond acceptors (Lipinski definition) is 1. The monoisotopic (exact) mass is 184 g/mol. The van der Waals surface area contributed by atoms with Crippen molar-refractivity contribution >= 4 is 0 Å². The van der Waals surface area contributed by atoms with Crippen LogP contribution in [0.1, 0.15) is 33.6 Å². The molecule has 0 rings (SSSR count). The lowest BCUT2D eigenvalue weighted by Crippen LogP contribution is -2.29. The van der Waals surface area contributed by atoms with Crippen LogP contribution in [-0.4, -0.2) is 17.4 Å². The zero-order valence-electron chi connectivity index (χ0n) is 7.57. The van der Waals surface area contributed by atoms with Crippen molar-refractivity contribution in [1.29, 1.82) is 0 Å². The number of aliphatic hydroxyl groups excluding tert-OH is 1. The molecule has 74 valence electrons. The number of halogens is 3. The summed E-state index contributed by atoms with van der Waals surface area (Å²) in [5.74, 6) is 0. The Morgan fingerprint density at radius 2 is 1.58 bits per heavy atom. The Bertz CT molecular complexity index is 134. The molecule has 1 nitrogen and oxygen atoms in total. The van der Waals surface area contributed by atoms with Crippen molar-refractivity contribution in [2.24, 2.45) is 5.41 Å². The van der Waals surface area contributed by atoms with Crippen molar-refractivity contribution in [3.8, 4) is 0 Å². The largest absolute Gasteiger partial charge is 0.414 e. The van der Waals surface area contributed by atoms with Crippen LogP contribution in [0.5, 0.6) is 0 Å². The van der Waals surface area contributed by atoms with E-state index in [1.165, 1.54) is 0 Å². The predicted molar refractivity (Wildman–Crippen MR) is 40.8 cm³/mol. The first-order chi connectivity index (χ1) is 5.13. The van der Waals surface area contributed by atoms with Gasteiger partial charge in [0.1, 0.15) is 6.10 Å². The molecule has 0 fully saturated rings. The van der Waals surface area contributed by atoms with E-state index < -0.39 is 12.3 Å². The molecule has 0 aromatic heterocycles. The third-order valence-electron chi connectivity index (χ3n) is 1.55. The van der Waals surface area contributed by atoms with Gasteiger partial charge in [-0.15, -0.1) is 0 Å². The molecule has 0 unspecified atom stereocenters. The van der Waals surface area contributed by atoms with Crippen LogP contribution < -0.4 is 0 Å². The maximum Gasteiger partial charge on any atom is 0.414 e. The maximum atomic E-state index is 11.8. The maximum absolute atomic E-state index is 11.8. The molecule has 1 atom stereocenters. The topological polar surface area (TPSA) is 20.2 Å². The summed E-state index contributed by atoms with van der Waals surface area (Å²) in [5.41, 5.74) is -0.160. The van der Waals surface area contributed by atoms with Gasteiger partial charge in [0.15, 0.2) is 0 Å².